The summed E-state index contributed by atoms with van der Waals surface area (Å²) in [5, 5.41) is 3.44. The molecule has 0 radical (unpaired) electrons. The van der Waals surface area contributed by atoms with E-state index in [2.05, 4.69) is 45.3 Å². The van der Waals surface area contributed by atoms with E-state index in [1.807, 2.05) is 18.2 Å². The molecule has 1 heterocycles. The lowest BCUT2D eigenvalue weighted by atomic mass is 10.0. The molecule has 2 aromatic rings. The quantitative estimate of drug-likeness (QED) is 0.794. The second-order valence-electron chi connectivity index (χ2n) is 4.71. The smallest absolute Gasteiger partial charge is 0.129 e. The summed E-state index contributed by atoms with van der Waals surface area (Å²) in [5.41, 5.74) is 3.17. The van der Waals surface area contributed by atoms with E-state index in [4.69, 9.17) is 9.47 Å². The number of rotatable bonds is 6. The number of methoxy groups -OCH3 is 2. The van der Waals surface area contributed by atoms with Gasteiger partial charge in [-0.25, -0.2) is 4.98 Å². The molecule has 0 aliphatic carbocycles. The van der Waals surface area contributed by atoms with E-state index in [9.17, 15) is 0 Å². The number of hydrogen-bond donors (Lipinski definition) is 1. The van der Waals surface area contributed by atoms with Gasteiger partial charge >= 0.3 is 0 Å². The van der Waals surface area contributed by atoms with Crippen molar-refractivity contribution >= 4 is 21.6 Å². The number of nitrogens with zero attached hydrogens (tertiary/aromatic N) is 1. The highest BCUT2D eigenvalue weighted by atomic mass is 79.9. The van der Waals surface area contributed by atoms with Crippen molar-refractivity contribution < 1.29 is 9.47 Å². The summed E-state index contributed by atoms with van der Waals surface area (Å²) >= 11 is 3.45. The van der Waals surface area contributed by atoms with Crippen molar-refractivity contribution in [2.45, 2.75) is 19.6 Å². The molecule has 0 amide bonds. The molecule has 1 N–H and O–H groups in total. The molecular weight excluding hydrogens is 332 g/mol. The third-order valence-corrected chi connectivity index (χ3v) is 3.87. The summed E-state index contributed by atoms with van der Waals surface area (Å²) < 4.78 is 11.4. The molecule has 1 unspecified atom stereocenters. The standard InChI is InChI=1S/C16H19BrN2O2/c1-11(19-14-5-4-8-18-16(14)17)12-6-7-15(21-3)13(9-12)10-20-2/h4-9,11,19H,10H2,1-3H3. The Bertz CT molecular complexity index is 605. The number of ether oxygens (including phenoxy) is 2. The first-order chi connectivity index (χ1) is 10.2. The highest BCUT2D eigenvalue weighted by molar-refractivity contribution is 9.10. The molecule has 0 aliphatic rings. The summed E-state index contributed by atoms with van der Waals surface area (Å²) in [6.07, 6.45) is 1.75. The van der Waals surface area contributed by atoms with Crippen LogP contribution in [0.15, 0.2) is 41.1 Å². The number of nitrogens with one attached hydrogen (secondary N) is 1. The lowest BCUT2D eigenvalue weighted by Gasteiger charge is -2.18. The van der Waals surface area contributed by atoms with Crippen LogP contribution in [0.1, 0.15) is 24.1 Å². The first kappa shape index (κ1) is 15.8. The Balaban J connectivity index is 2.21. The fourth-order valence-corrected chi connectivity index (χ4v) is 2.51. The molecule has 1 aromatic heterocycles. The summed E-state index contributed by atoms with van der Waals surface area (Å²) in [5.74, 6) is 0.843. The largest absolute Gasteiger partial charge is 0.496 e. The van der Waals surface area contributed by atoms with Gasteiger partial charge in [0.1, 0.15) is 10.4 Å². The summed E-state index contributed by atoms with van der Waals surface area (Å²) in [6.45, 7) is 2.64. The van der Waals surface area contributed by atoms with Gasteiger partial charge < -0.3 is 14.8 Å². The van der Waals surface area contributed by atoms with E-state index in [1.54, 1.807) is 20.4 Å². The van der Waals surface area contributed by atoms with Gasteiger partial charge in [0, 0.05) is 24.9 Å². The SMILES string of the molecule is COCc1cc(C(C)Nc2cccnc2Br)ccc1OC. The molecule has 112 valence electrons. The van der Waals surface area contributed by atoms with E-state index < -0.39 is 0 Å². The minimum atomic E-state index is 0.145. The minimum Gasteiger partial charge on any atom is -0.496 e. The maximum absolute atomic E-state index is 5.35. The van der Waals surface area contributed by atoms with Gasteiger partial charge in [0.25, 0.3) is 0 Å². The van der Waals surface area contributed by atoms with Crippen LogP contribution in [0.3, 0.4) is 0 Å². The van der Waals surface area contributed by atoms with Crippen molar-refractivity contribution in [1.82, 2.24) is 4.98 Å². The topological polar surface area (TPSA) is 43.4 Å². The predicted octanol–water partition coefficient (Wildman–Crippen LogP) is 4.17. The highest BCUT2D eigenvalue weighted by Gasteiger charge is 2.11. The van der Waals surface area contributed by atoms with Gasteiger partial charge in [-0.05, 0) is 52.7 Å². The first-order valence-corrected chi connectivity index (χ1v) is 7.47. The zero-order valence-corrected chi connectivity index (χ0v) is 14.0. The second-order valence-corrected chi connectivity index (χ2v) is 5.46. The maximum Gasteiger partial charge on any atom is 0.129 e. The molecule has 0 fully saturated rings. The van der Waals surface area contributed by atoms with Gasteiger partial charge in [0.05, 0.1) is 19.4 Å². The lowest BCUT2D eigenvalue weighted by Crippen LogP contribution is -2.08. The van der Waals surface area contributed by atoms with Gasteiger partial charge in [-0.1, -0.05) is 6.07 Å². The van der Waals surface area contributed by atoms with Crippen molar-refractivity contribution in [3.63, 3.8) is 0 Å². The van der Waals surface area contributed by atoms with Crippen molar-refractivity contribution in [3.05, 3.63) is 52.3 Å². The van der Waals surface area contributed by atoms with Gasteiger partial charge in [0.15, 0.2) is 0 Å². The molecule has 1 atom stereocenters. The van der Waals surface area contributed by atoms with E-state index >= 15 is 0 Å². The van der Waals surface area contributed by atoms with Crippen LogP contribution in [0.4, 0.5) is 5.69 Å². The van der Waals surface area contributed by atoms with E-state index in [0.717, 1.165) is 21.6 Å². The fourth-order valence-electron chi connectivity index (χ4n) is 2.15. The number of pyridine rings is 1. The Kier molecular flexibility index (Phi) is 5.59. The fraction of sp³-hybridized carbons (Fsp3) is 0.312. The van der Waals surface area contributed by atoms with E-state index in [-0.39, 0.29) is 6.04 Å². The first-order valence-electron chi connectivity index (χ1n) is 6.68. The molecule has 0 bridgehead atoms. The van der Waals surface area contributed by atoms with Crippen molar-refractivity contribution in [2.24, 2.45) is 0 Å². The third kappa shape index (κ3) is 3.95. The predicted molar refractivity (Wildman–Crippen MR) is 87.7 cm³/mol. The Morgan fingerprint density at radius 1 is 1.29 bits per heavy atom. The zero-order chi connectivity index (χ0) is 15.2. The van der Waals surface area contributed by atoms with Crippen molar-refractivity contribution in [3.8, 4) is 5.75 Å². The zero-order valence-electron chi connectivity index (χ0n) is 12.4. The van der Waals surface area contributed by atoms with Crippen molar-refractivity contribution in [2.75, 3.05) is 19.5 Å². The van der Waals surface area contributed by atoms with E-state index in [1.165, 1.54) is 5.56 Å². The normalized spacial score (nSPS) is 12.0. The van der Waals surface area contributed by atoms with Crippen LogP contribution < -0.4 is 10.1 Å². The average Bonchev–Trinajstić information content (AvgIpc) is 2.50. The maximum atomic E-state index is 5.35. The van der Waals surface area contributed by atoms with Crippen LogP contribution in [0.2, 0.25) is 0 Å². The van der Waals surface area contributed by atoms with Crippen LogP contribution in [0, 0.1) is 0 Å². The number of anilines is 1. The Labute approximate surface area is 133 Å². The number of benzene rings is 1. The van der Waals surface area contributed by atoms with Crippen LogP contribution in [0.25, 0.3) is 0 Å². The van der Waals surface area contributed by atoms with Crippen LogP contribution in [-0.4, -0.2) is 19.2 Å². The molecule has 1 aromatic carbocycles. The van der Waals surface area contributed by atoms with Gasteiger partial charge in [-0.15, -0.1) is 0 Å². The molecule has 0 saturated heterocycles. The monoisotopic (exact) mass is 350 g/mol. The number of halogens is 1. The summed E-state index contributed by atoms with van der Waals surface area (Å²) in [4.78, 5) is 4.21. The molecule has 2 rings (SSSR count). The van der Waals surface area contributed by atoms with Crippen LogP contribution >= 0.6 is 15.9 Å². The highest BCUT2D eigenvalue weighted by Crippen LogP contribution is 2.28. The average molecular weight is 351 g/mol. The molecular formula is C16H19BrN2O2. The molecule has 0 saturated carbocycles. The summed E-state index contributed by atoms with van der Waals surface area (Å²) in [6, 6.07) is 10.2. The Morgan fingerprint density at radius 2 is 2.10 bits per heavy atom. The lowest BCUT2D eigenvalue weighted by molar-refractivity contribution is 0.181. The molecule has 4 nitrogen and oxygen atoms in total. The molecule has 5 heteroatoms. The third-order valence-electron chi connectivity index (χ3n) is 3.24. The number of aromatic nitrogens is 1. The van der Waals surface area contributed by atoms with Crippen LogP contribution in [0.5, 0.6) is 5.75 Å². The van der Waals surface area contributed by atoms with Crippen molar-refractivity contribution in [1.29, 1.82) is 0 Å². The molecule has 0 spiro atoms. The van der Waals surface area contributed by atoms with Crippen LogP contribution in [-0.2, 0) is 11.3 Å². The Morgan fingerprint density at radius 3 is 2.76 bits per heavy atom. The van der Waals surface area contributed by atoms with Gasteiger partial charge in [-0.3, -0.25) is 0 Å². The second kappa shape index (κ2) is 7.43. The van der Waals surface area contributed by atoms with Gasteiger partial charge in [0.2, 0.25) is 0 Å². The summed E-state index contributed by atoms with van der Waals surface area (Å²) in [7, 11) is 3.35. The number of hydrogen-bond acceptors (Lipinski definition) is 4. The van der Waals surface area contributed by atoms with Gasteiger partial charge in [-0.2, -0.15) is 0 Å². The van der Waals surface area contributed by atoms with E-state index in [0.29, 0.717) is 6.61 Å². The molecule has 21 heavy (non-hydrogen) atoms. The molecule has 0 aliphatic heterocycles. The minimum absolute atomic E-state index is 0.145. The Hall–Kier alpha value is -1.59.